The molecule has 0 radical (unpaired) electrons. The monoisotopic (exact) mass is 419 g/mol. The predicted molar refractivity (Wildman–Crippen MR) is 122 cm³/mol. The van der Waals surface area contributed by atoms with Crippen molar-refractivity contribution in [3.05, 3.63) is 72.4 Å². The molecule has 2 amide bonds. The molecular weight excluding hydrogens is 390 g/mol. The first-order chi connectivity index (χ1) is 15.2. The number of hydrogen-bond donors (Lipinski definition) is 2. The third-order valence-corrected chi connectivity index (χ3v) is 5.81. The van der Waals surface area contributed by atoms with Gasteiger partial charge in [0.1, 0.15) is 5.82 Å². The highest BCUT2D eigenvalue weighted by Crippen LogP contribution is 2.29. The molecule has 1 aliphatic heterocycles. The Morgan fingerprint density at radius 2 is 1.81 bits per heavy atom. The van der Waals surface area contributed by atoms with Gasteiger partial charge in [-0.15, -0.1) is 0 Å². The molecule has 2 N–H and O–H groups in total. The number of anilines is 1. The summed E-state index contributed by atoms with van der Waals surface area (Å²) in [6, 6.07) is 20.1. The molecule has 7 nitrogen and oxygen atoms in total. The Kier molecular flexibility index (Phi) is 6.64. The molecule has 2 aromatic carbocycles. The van der Waals surface area contributed by atoms with Crippen molar-refractivity contribution < 1.29 is 9.53 Å². The molecule has 162 valence electrons. The van der Waals surface area contributed by atoms with Crippen LogP contribution in [0.4, 0.5) is 10.6 Å². The van der Waals surface area contributed by atoms with Gasteiger partial charge < -0.3 is 10.1 Å². The Labute approximate surface area is 183 Å². The zero-order valence-electron chi connectivity index (χ0n) is 18.0. The number of nitrogens with zero attached hydrogens (tertiary/aromatic N) is 3. The number of rotatable bonds is 7. The van der Waals surface area contributed by atoms with E-state index >= 15 is 0 Å². The Morgan fingerprint density at radius 3 is 2.52 bits per heavy atom. The third-order valence-electron chi connectivity index (χ3n) is 5.81. The number of amides is 2. The molecule has 1 aliphatic rings. The summed E-state index contributed by atoms with van der Waals surface area (Å²) in [6.45, 7) is 3.20. The molecule has 4 rings (SSSR count). The van der Waals surface area contributed by atoms with Gasteiger partial charge in [-0.2, -0.15) is 5.10 Å². The van der Waals surface area contributed by atoms with E-state index in [1.54, 1.807) is 18.0 Å². The first-order valence-corrected chi connectivity index (χ1v) is 10.6. The predicted octanol–water partition coefficient (Wildman–Crippen LogP) is 3.32. The number of methoxy groups -OCH3 is 1. The van der Waals surface area contributed by atoms with Crippen LogP contribution in [0, 0.1) is 0 Å². The third kappa shape index (κ3) is 4.95. The number of aryl methyl sites for hydroxylation is 1. The van der Waals surface area contributed by atoms with E-state index in [1.165, 1.54) is 5.56 Å². The molecule has 3 aromatic rings. The van der Waals surface area contributed by atoms with Crippen LogP contribution in [0.1, 0.15) is 11.5 Å². The molecule has 7 heteroatoms. The van der Waals surface area contributed by atoms with Gasteiger partial charge in [-0.1, -0.05) is 60.7 Å². The summed E-state index contributed by atoms with van der Waals surface area (Å²) in [5.41, 5.74) is 3.14. The SMILES string of the molecule is COCCN1C[C@@H](NC(=O)Nc2c(-c3ccccc3)cnn2C)[C@H](c2ccccc2)C1. The minimum absolute atomic E-state index is 0.00709. The van der Waals surface area contributed by atoms with E-state index in [4.69, 9.17) is 4.74 Å². The van der Waals surface area contributed by atoms with Crippen molar-refractivity contribution in [3.8, 4) is 11.1 Å². The zero-order chi connectivity index (χ0) is 21.6. The fourth-order valence-corrected chi connectivity index (χ4v) is 4.20. The number of benzene rings is 2. The summed E-state index contributed by atoms with van der Waals surface area (Å²) >= 11 is 0. The van der Waals surface area contributed by atoms with E-state index in [0.29, 0.717) is 12.4 Å². The summed E-state index contributed by atoms with van der Waals surface area (Å²) in [4.78, 5) is 15.3. The van der Waals surface area contributed by atoms with E-state index in [1.807, 2.05) is 55.6 Å². The minimum Gasteiger partial charge on any atom is -0.383 e. The van der Waals surface area contributed by atoms with Gasteiger partial charge in [-0.25, -0.2) is 4.79 Å². The Bertz CT molecular complexity index is 990. The highest BCUT2D eigenvalue weighted by molar-refractivity contribution is 5.93. The number of ether oxygens (including phenoxy) is 1. The van der Waals surface area contributed by atoms with Crippen LogP contribution in [-0.4, -0.2) is 60.1 Å². The molecule has 0 unspecified atom stereocenters. The number of carbonyl (C=O) groups excluding carboxylic acids is 1. The first kappa shape index (κ1) is 21.1. The van der Waals surface area contributed by atoms with Gasteiger partial charge >= 0.3 is 6.03 Å². The lowest BCUT2D eigenvalue weighted by Crippen LogP contribution is -2.42. The number of carbonyl (C=O) groups is 1. The molecule has 0 bridgehead atoms. The molecule has 1 aromatic heterocycles. The first-order valence-electron chi connectivity index (χ1n) is 10.6. The number of aromatic nitrogens is 2. The van der Waals surface area contributed by atoms with Crippen LogP contribution < -0.4 is 10.6 Å². The second-order valence-electron chi connectivity index (χ2n) is 7.87. The van der Waals surface area contributed by atoms with E-state index in [0.717, 1.165) is 30.8 Å². The molecule has 2 atom stereocenters. The van der Waals surface area contributed by atoms with Gasteiger partial charge in [-0.05, 0) is 11.1 Å². The van der Waals surface area contributed by atoms with Crippen LogP contribution in [0.15, 0.2) is 66.9 Å². The normalized spacial score (nSPS) is 18.8. The van der Waals surface area contributed by atoms with Crippen LogP contribution in [0.3, 0.4) is 0 Å². The Morgan fingerprint density at radius 1 is 1.10 bits per heavy atom. The fraction of sp³-hybridized carbons (Fsp3) is 0.333. The molecular formula is C24H29N5O2. The molecule has 31 heavy (non-hydrogen) atoms. The maximum Gasteiger partial charge on any atom is 0.320 e. The van der Waals surface area contributed by atoms with Crippen molar-refractivity contribution >= 4 is 11.8 Å². The van der Waals surface area contributed by atoms with Crippen molar-refractivity contribution in [2.75, 3.05) is 38.7 Å². The van der Waals surface area contributed by atoms with Gasteiger partial charge in [0.05, 0.1) is 18.8 Å². The van der Waals surface area contributed by atoms with E-state index < -0.39 is 0 Å². The van der Waals surface area contributed by atoms with E-state index in [-0.39, 0.29) is 18.0 Å². The standard InChI is InChI=1S/C24H29N5O2/c1-28-23(20(15-25-28)18-9-5-3-6-10-18)27-24(30)26-22-17-29(13-14-31-2)16-21(22)19-11-7-4-8-12-19/h3-12,15,21-22H,13-14,16-17H2,1-2H3,(H2,26,27,30)/t21-,22+/m0/s1. The summed E-state index contributed by atoms with van der Waals surface area (Å²) in [6.07, 6.45) is 1.78. The van der Waals surface area contributed by atoms with Gasteiger partial charge in [0.15, 0.2) is 0 Å². The highest BCUT2D eigenvalue weighted by atomic mass is 16.5. The molecule has 1 fully saturated rings. The number of likely N-dealkylation sites (tertiary alicyclic amines) is 1. The maximum atomic E-state index is 13.0. The van der Waals surface area contributed by atoms with Crippen molar-refractivity contribution in [2.24, 2.45) is 7.05 Å². The zero-order valence-corrected chi connectivity index (χ0v) is 18.0. The Hall–Kier alpha value is -3.16. The average molecular weight is 420 g/mol. The molecule has 0 aliphatic carbocycles. The summed E-state index contributed by atoms with van der Waals surface area (Å²) in [5, 5.41) is 10.6. The van der Waals surface area contributed by atoms with Crippen LogP contribution in [-0.2, 0) is 11.8 Å². The largest absolute Gasteiger partial charge is 0.383 e. The molecule has 0 spiro atoms. The van der Waals surface area contributed by atoms with Crippen LogP contribution in [0.5, 0.6) is 0 Å². The van der Waals surface area contributed by atoms with Gasteiger partial charge in [0.2, 0.25) is 0 Å². The van der Waals surface area contributed by atoms with Crippen molar-refractivity contribution in [2.45, 2.75) is 12.0 Å². The smallest absolute Gasteiger partial charge is 0.320 e. The highest BCUT2D eigenvalue weighted by Gasteiger charge is 2.34. The number of nitrogens with one attached hydrogen (secondary N) is 2. The summed E-state index contributed by atoms with van der Waals surface area (Å²) in [5.74, 6) is 0.901. The molecule has 2 heterocycles. The second kappa shape index (κ2) is 9.76. The van der Waals surface area contributed by atoms with Gasteiger partial charge in [0.25, 0.3) is 0 Å². The minimum atomic E-state index is -0.222. The molecule has 1 saturated heterocycles. The van der Waals surface area contributed by atoms with Crippen LogP contribution >= 0.6 is 0 Å². The fourth-order valence-electron chi connectivity index (χ4n) is 4.20. The molecule has 0 saturated carbocycles. The van der Waals surface area contributed by atoms with Crippen molar-refractivity contribution in [1.29, 1.82) is 0 Å². The average Bonchev–Trinajstić information content (AvgIpc) is 3.37. The van der Waals surface area contributed by atoms with E-state index in [2.05, 4.69) is 32.8 Å². The number of urea groups is 1. The van der Waals surface area contributed by atoms with E-state index in [9.17, 15) is 4.79 Å². The summed E-state index contributed by atoms with van der Waals surface area (Å²) < 4.78 is 6.94. The van der Waals surface area contributed by atoms with Gasteiger partial charge in [-0.3, -0.25) is 14.9 Å². The van der Waals surface area contributed by atoms with Crippen LogP contribution in [0.2, 0.25) is 0 Å². The van der Waals surface area contributed by atoms with Gasteiger partial charge in [0, 0.05) is 45.3 Å². The van der Waals surface area contributed by atoms with Crippen molar-refractivity contribution in [3.63, 3.8) is 0 Å². The second-order valence-corrected chi connectivity index (χ2v) is 7.87. The van der Waals surface area contributed by atoms with Crippen molar-refractivity contribution in [1.82, 2.24) is 20.0 Å². The lowest BCUT2D eigenvalue weighted by molar-refractivity contribution is 0.159. The maximum absolute atomic E-state index is 13.0. The quantitative estimate of drug-likeness (QED) is 0.616. The number of hydrogen-bond acceptors (Lipinski definition) is 4. The lowest BCUT2D eigenvalue weighted by Gasteiger charge is -2.21. The van der Waals surface area contributed by atoms with Crippen LogP contribution in [0.25, 0.3) is 11.1 Å². The lowest BCUT2D eigenvalue weighted by atomic mass is 9.94. The summed E-state index contributed by atoms with van der Waals surface area (Å²) in [7, 11) is 3.54. The topological polar surface area (TPSA) is 71.4 Å². The Balaban J connectivity index is 1.49.